The van der Waals surface area contributed by atoms with E-state index in [-0.39, 0.29) is 28.9 Å². The minimum atomic E-state index is -4.49. The van der Waals surface area contributed by atoms with E-state index in [1.54, 1.807) is 0 Å². The monoisotopic (exact) mass is 422 g/mol. The molecule has 9 heteroatoms. The van der Waals surface area contributed by atoms with Crippen molar-refractivity contribution in [2.45, 2.75) is 44.3 Å². The number of nitrogens with zero attached hydrogens (tertiary/aromatic N) is 2. The molecule has 1 aromatic heterocycles. The summed E-state index contributed by atoms with van der Waals surface area (Å²) in [5, 5.41) is 6.31. The Bertz CT molecular complexity index is 1060. The Labute approximate surface area is 169 Å². The fraction of sp³-hybridized carbons (Fsp3) is 0.333. The topological polar surface area (TPSA) is 49.8 Å². The van der Waals surface area contributed by atoms with E-state index in [1.807, 2.05) is 0 Å². The summed E-state index contributed by atoms with van der Waals surface area (Å²) < 4.78 is 66.3. The van der Waals surface area contributed by atoms with E-state index in [1.165, 1.54) is 12.1 Å². The average molecular weight is 422 g/mol. The minimum Gasteiger partial charge on any atom is -0.367 e. The van der Waals surface area contributed by atoms with Crippen LogP contribution in [0.2, 0.25) is 0 Å². The van der Waals surface area contributed by atoms with Crippen LogP contribution >= 0.6 is 0 Å². The number of hydrogen-bond donors (Lipinski definition) is 2. The van der Waals surface area contributed by atoms with Crippen molar-refractivity contribution in [2.24, 2.45) is 0 Å². The van der Waals surface area contributed by atoms with Gasteiger partial charge in [-0.25, -0.2) is 13.8 Å². The smallest absolute Gasteiger partial charge is 0.367 e. The molecule has 0 amide bonds. The van der Waals surface area contributed by atoms with Crippen LogP contribution in [-0.2, 0) is 6.18 Å². The summed E-state index contributed by atoms with van der Waals surface area (Å²) in [7, 11) is 0. The molecule has 1 aliphatic carbocycles. The SMILES string of the molecule is Fc1ccc(Nc2nc(NC3CCCCC3)c3cc(C(F)(F)F)ccc3n2)cc1F. The molecule has 2 aromatic carbocycles. The molecule has 1 heterocycles. The maximum atomic E-state index is 13.5. The van der Waals surface area contributed by atoms with Crippen LogP contribution in [0, 0.1) is 11.6 Å². The average Bonchev–Trinajstić information content (AvgIpc) is 2.70. The highest BCUT2D eigenvalue weighted by Crippen LogP contribution is 2.34. The third kappa shape index (κ3) is 4.44. The fourth-order valence-corrected chi connectivity index (χ4v) is 3.61. The number of halogens is 5. The lowest BCUT2D eigenvalue weighted by Crippen LogP contribution is -2.23. The zero-order valence-corrected chi connectivity index (χ0v) is 15.9. The van der Waals surface area contributed by atoms with E-state index < -0.39 is 23.4 Å². The van der Waals surface area contributed by atoms with E-state index in [4.69, 9.17) is 0 Å². The first-order valence-corrected chi connectivity index (χ1v) is 9.67. The Kier molecular flexibility index (Phi) is 5.44. The largest absolute Gasteiger partial charge is 0.416 e. The summed E-state index contributed by atoms with van der Waals surface area (Å²) >= 11 is 0. The normalized spacial score (nSPS) is 15.4. The summed E-state index contributed by atoms with van der Waals surface area (Å²) in [6, 6.07) is 6.62. The molecule has 4 nitrogen and oxygen atoms in total. The summed E-state index contributed by atoms with van der Waals surface area (Å²) in [5.41, 5.74) is -0.253. The van der Waals surface area contributed by atoms with E-state index >= 15 is 0 Å². The third-order valence-corrected chi connectivity index (χ3v) is 5.14. The molecular formula is C21H19F5N4. The number of nitrogens with one attached hydrogen (secondary N) is 2. The molecule has 30 heavy (non-hydrogen) atoms. The number of fused-ring (bicyclic) bond motifs is 1. The molecule has 1 saturated carbocycles. The van der Waals surface area contributed by atoms with Gasteiger partial charge in [0, 0.05) is 23.2 Å². The summed E-state index contributed by atoms with van der Waals surface area (Å²) in [4.78, 5) is 8.60. The van der Waals surface area contributed by atoms with Crippen LogP contribution in [0.1, 0.15) is 37.7 Å². The predicted octanol–water partition coefficient (Wildman–Crippen LogP) is 6.42. The van der Waals surface area contributed by atoms with Crippen molar-refractivity contribution >= 4 is 28.4 Å². The molecule has 0 spiro atoms. The second kappa shape index (κ2) is 8.04. The third-order valence-electron chi connectivity index (χ3n) is 5.14. The first-order valence-electron chi connectivity index (χ1n) is 9.67. The van der Waals surface area contributed by atoms with Crippen LogP contribution in [0.3, 0.4) is 0 Å². The number of anilines is 3. The van der Waals surface area contributed by atoms with Gasteiger partial charge in [-0.15, -0.1) is 0 Å². The van der Waals surface area contributed by atoms with Gasteiger partial charge in [0.1, 0.15) is 5.82 Å². The molecule has 1 aliphatic rings. The lowest BCUT2D eigenvalue weighted by Gasteiger charge is -2.24. The van der Waals surface area contributed by atoms with Crippen LogP contribution in [0.15, 0.2) is 36.4 Å². The fourth-order valence-electron chi connectivity index (χ4n) is 3.61. The van der Waals surface area contributed by atoms with Crippen molar-refractivity contribution in [2.75, 3.05) is 10.6 Å². The van der Waals surface area contributed by atoms with Crippen molar-refractivity contribution in [3.8, 4) is 0 Å². The first-order chi connectivity index (χ1) is 14.3. The van der Waals surface area contributed by atoms with Gasteiger partial charge in [-0.3, -0.25) is 0 Å². The quantitative estimate of drug-likeness (QED) is 0.477. The standard InChI is InChI=1S/C21H19F5N4/c22-16-8-7-14(11-17(16)23)28-20-29-18-9-6-12(21(24,25)26)10-15(18)19(30-20)27-13-4-2-1-3-5-13/h6-11,13H,1-5H2,(H2,27,28,29,30). The molecule has 3 aromatic rings. The molecule has 0 atom stereocenters. The van der Waals surface area contributed by atoms with Gasteiger partial charge in [0.05, 0.1) is 11.1 Å². The molecule has 4 rings (SSSR count). The lowest BCUT2D eigenvalue weighted by molar-refractivity contribution is -0.137. The molecule has 158 valence electrons. The first kappa shape index (κ1) is 20.3. The second-order valence-corrected chi connectivity index (χ2v) is 7.36. The van der Waals surface area contributed by atoms with E-state index in [0.29, 0.717) is 5.52 Å². The van der Waals surface area contributed by atoms with Gasteiger partial charge < -0.3 is 10.6 Å². The summed E-state index contributed by atoms with van der Waals surface area (Å²) in [6.07, 6.45) is 0.512. The molecule has 0 unspecified atom stereocenters. The Balaban J connectivity index is 1.74. The Morgan fingerprint density at radius 3 is 2.33 bits per heavy atom. The van der Waals surface area contributed by atoms with Gasteiger partial charge >= 0.3 is 6.18 Å². The molecule has 2 N–H and O–H groups in total. The molecule has 1 fully saturated rings. The Morgan fingerprint density at radius 1 is 0.867 bits per heavy atom. The highest BCUT2D eigenvalue weighted by atomic mass is 19.4. The van der Waals surface area contributed by atoms with Crippen LogP contribution < -0.4 is 10.6 Å². The van der Waals surface area contributed by atoms with Gasteiger partial charge in [-0.05, 0) is 43.2 Å². The van der Waals surface area contributed by atoms with Crippen molar-refractivity contribution in [1.29, 1.82) is 0 Å². The molecular weight excluding hydrogens is 403 g/mol. The maximum Gasteiger partial charge on any atom is 0.416 e. The minimum absolute atomic E-state index is 0.0755. The van der Waals surface area contributed by atoms with Gasteiger partial charge in [0.15, 0.2) is 11.6 Å². The van der Waals surface area contributed by atoms with E-state index in [9.17, 15) is 22.0 Å². The highest BCUT2D eigenvalue weighted by molar-refractivity contribution is 5.91. The lowest BCUT2D eigenvalue weighted by atomic mass is 9.95. The number of rotatable bonds is 4. The van der Waals surface area contributed by atoms with E-state index in [2.05, 4.69) is 20.6 Å². The molecule has 0 aliphatic heterocycles. The second-order valence-electron chi connectivity index (χ2n) is 7.36. The number of aromatic nitrogens is 2. The van der Waals surface area contributed by atoms with Crippen molar-refractivity contribution < 1.29 is 22.0 Å². The van der Waals surface area contributed by atoms with Gasteiger partial charge in [-0.1, -0.05) is 19.3 Å². The van der Waals surface area contributed by atoms with Crippen molar-refractivity contribution in [3.63, 3.8) is 0 Å². The molecule has 0 radical (unpaired) electrons. The Hall–Kier alpha value is -2.97. The zero-order valence-electron chi connectivity index (χ0n) is 15.9. The van der Waals surface area contributed by atoms with Crippen LogP contribution in [0.4, 0.5) is 39.4 Å². The van der Waals surface area contributed by atoms with Gasteiger partial charge in [-0.2, -0.15) is 18.2 Å². The number of hydrogen-bond acceptors (Lipinski definition) is 4. The van der Waals surface area contributed by atoms with E-state index in [0.717, 1.165) is 56.4 Å². The van der Waals surface area contributed by atoms with Gasteiger partial charge in [0.2, 0.25) is 5.95 Å². The number of benzene rings is 2. The zero-order chi connectivity index (χ0) is 21.3. The van der Waals surface area contributed by atoms with Crippen molar-refractivity contribution in [3.05, 3.63) is 53.6 Å². The summed E-state index contributed by atoms with van der Waals surface area (Å²) in [5.74, 6) is -1.66. The Morgan fingerprint density at radius 2 is 1.63 bits per heavy atom. The van der Waals surface area contributed by atoms with Crippen LogP contribution in [0.25, 0.3) is 10.9 Å². The van der Waals surface area contributed by atoms with Gasteiger partial charge in [0.25, 0.3) is 0 Å². The van der Waals surface area contributed by atoms with Crippen molar-refractivity contribution in [1.82, 2.24) is 9.97 Å². The van der Waals surface area contributed by atoms with Crippen LogP contribution in [-0.4, -0.2) is 16.0 Å². The predicted molar refractivity (Wildman–Crippen MR) is 105 cm³/mol. The molecule has 0 bridgehead atoms. The highest BCUT2D eigenvalue weighted by Gasteiger charge is 2.31. The maximum absolute atomic E-state index is 13.5. The number of alkyl halides is 3. The van der Waals surface area contributed by atoms with Crippen LogP contribution in [0.5, 0.6) is 0 Å². The molecule has 0 saturated heterocycles. The summed E-state index contributed by atoms with van der Waals surface area (Å²) in [6.45, 7) is 0.